The molecule has 1 heterocycles. The van der Waals surface area contributed by atoms with Crippen LogP contribution in [-0.2, 0) is 16.0 Å². The third kappa shape index (κ3) is 3.30. The van der Waals surface area contributed by atoms with E-state index < -0.39 is 42.2 Å². The number of halogens is 2. The Morgan fingerprint density at radius 2 is 1.95 bits per heavy atom. The summed E-state index contributed by atoms with van der Waals surface area (Å²) in [6.07, 6.45) is -2.75. The molecule has 0 saturated carbocycles. The van der Waals surface area contributed by atoms with E-state index in [2.05, 4.69) is 5.32 Å². The van der Waals surface area contributed by atoms with Gasteiger partial charge in [0.15, 0.2) is 0 Å². The maximum atomic E-state index is 13.4. The van der Waals surface area contributed by atoms with Gasteiger partial charge in [-0.15, -0.1) is 0 Å². The topological polar surface area (TPSA) is 78.8 Å². The van der Waals surface area contributed by atoms with Gasteiger partial charge in [-0.3, -0.25) is 4.79 Å². The fourth-order valence-corrected chi connectivity index (χ4v) is 2.03. The van der Waals surface area contributed by atoms with E-state index in [1.807, 2.05) is 0 Å². The molecule has 0 aliphatic carbocycles. The Morgan fingerprint density at radius 3 is 2.60 bits per heavy atom. The van der Waals surface area contributed by atoms with Gasteiger partial charge in [0, 0.05) is 5.56 Å². The van der Waals surface area contributed by atoms with E-state index in [1.165, 1.54) is 6.07 Å². The second-order valence-corrected chi connectivity index (χ2v) is 4.65. The molecule has 3 N–H and O–H groups in total. The van der Waals surface area contributed by atoms with E-state index >= 15 is 0 Å². The van der Waals surface area contributed by atoms with Gasteiger partial charge in [0.1, 0.15) is 23.8 Å². The summed E-state index contributed by atoms with van der Waals surface area (Å²) in [6.45, 7) is 0.0131. The average Bonchev–Trinajstić information content (AvgIpc) is 2.39. The number of carbonyl (C=O) groups is 1. The molecule has 3 atom stereocenters. The highest BCUT2D eigenvalue weighted by atomic mass is 19.1. The Bertz CT molecular complexity index is 477. The van der Waals surface area contributed by atoms with Crippen LogP contribution in [0.5, 0.6) is 0 Å². The number of carbonyl (C=O) groups excluding carboxylic acids is 1. The smallest absolute Gasteiger partial charge is 0.225 e. The van der Waals surface area contributed by atoms with E-state index in [9.17, 15) is 23.8 Å². The molecule has 0 radical (unpaired) electrons. The Hall–Kier alpha value is -1.57. The van der Waals surface area contributed by atoms with Gasteiger partial charge in [-0.1, -0.05) is 6.07 Å². The Labute approximate surface area is 114 Å². The fourth-order valence-electron chi connectivity index (χ4n) is 2.03. The van der Waals surface area contributed by atoms with Crippen LogP contribution in [0.15, 0.2) is 18.2 Å². The quantitative estimate of drug-likeness (QED) is 0.716. The number of ether oxygens (including phenoxy) is 1. The number of hydrogen-bond acceptors (Lipinski definition) is 4. The van der Waals surface area contributed by atoms with Crippen LogP contribution in [0.2, 0.25) is 0 Å². The predicted molar refractivity (Wildman–Crippen MR) is 64.8 cm³/mol. The maximum absolute atomic E-state index is 13.4. The van der Waals surface area contributed by atoms with Crippen LogP contribution in [0.3, 0.4) is 0 Å². The second kappa shape index (κ2) is 6.25. The van der Waals surface area contributed by atoms with Crippen molar-refractivity contribution in [1.29, 1.82) is 0 Å². The highest BCUT2D eigenvalue weighted by Gasteiger charge is 2.32. The van der Waals surface area contributed by atoms with Crippen molar-refractivity contribution in [2.45, 2.75) is 24.7 Å². The van der Waals surface area contributed by atoms with Crippen LogP contribution < -0.4 is 5.32 Å². The first kappa shape index (κ1) is 14.8. The summed E-state index contributed by atoms with van der Waals surface area (Å²) < 4.78 is 31.8. The summed E-state index contributed by atoms with van der Waals surface area (Å²) in [4.78, 5) is 11.7. The van der Waals surface area contributed by atoms with Crippen molar-refractivity contribution in [2.24, 2.45) is 0 Å². The molecule has 0 bridgehead atoms. The van der Waals surface area contributed by atoms with Gasteiger partial charge in [0.2, 0.25) is 5.91 Å². The predicted octanol–water partition coefficient (Wildman–Crippen LogP) is -0.256. The Kier molecular flexibility index (Phi) is 4.64. The molecule has 110 valence electrons. The molecule has 1 aromatic carbocycles. The maximum Gasteiger partial charge on any atom is 0.225 e. The molecule has 1 aliphatic rings. The minimum absolute atomic E-state index is 0.0184. The van der Waals surface area contributed by atoms with Crippen molar-refractivity contribution >= 4 is 5.91 Å². The number of nitrogens with one attached hydrogen (secondary N) is 1. The number of benzene rings is 1. The van der Waals surface area contributed by atoms with Gasteiger partial charge in [-0.05, 0) is 12.1 Å². The van der Waals surface area contributed by atoms with Crippen molar-refractivity contribution in [3.63, 3.8) is 0 Å². The van der Waals surface area contributed by atoms with Crippen LogP contribution >= 0.6 is 0 Å². The van der Waals surface area contributed by atoms with Crippen LogP contribution in [0.25, 0.3) is 0 Å². The summed E-state index contributed by atoms with van der Waals surface area (Å²) in [7, 11) is 0. The SMILES string of the molecule is O=C(Cc1c(F)cccc1F)N[C@@H]1COC[C@@H](O)[C@H]1O. The van der Waals surface area contributed by atoms with Crippen LogP contribution in [0, 0.1) is 11.6 Å². The standard InChI is InChI=1S/C13H15F2NO4/c14-8-2-1-3-9(15)7(8)4-12(18)16-10-5-20-6-11(17)13(10)19/h1-3,10-11,13,17,19H,4-6H2,(H,16,18)/t10-,11-,13+/m1/s1. The van der Waals surface area contributed by atoms with Gasteiger partial charge in [0.25, 0.3) is 0 Å². The molecule has 0 aromatic heterocycles. The zero-order valence-electron chi connectivity index (χ0n) is 10.6. The van der Waals surface area contributed by atoms with E-state index in [4.69, 9.17) is 4.74 Å². The summed E-state index contributed by atoms with van der Waals surface area (Å²) >= 11 is 0. The van der Waals surface area contributed by atoms with Crippen molar-refractivity contribution in [3.8, 4) is 0 Å². The largest absolute Gasteiger partial charge is 0.388 e. The van der Waals surface area contributed by atoms with Crippen molar-refractivity contribution in [2.75, 3.05) is 13.2 Å². The molecule has 1 aliphatic heterocycles. The highest BCUT2D eigenvalue weighted by molar-refractivity contribution is 5.79. The monoisotopic (exact) mass is 287 g/mol. The lowest BCUT2D eigenvalue weighted by Crippen LogP contribution is -2.56. The molecule has 1 amide bonds. The highest BCUT2D eigenvalue weighted by Crippen LogP contribution is 2.13. The van der Waals surface area contributed by atoms with E-state index in [-0.39, 0.29) is 18.8 Å². The molecular weight excluding hydrogens is 272 g/mol. The van der Waals surface area contributed by atoms with Crippen molar-refractivity contribution < 1.29 is 28.5 Å². The number of rotatable bonds is 3. The molecule has 0 spiro atoms. The van der Waals surface area contributed by atoms with Crippen LogP contribution in [0.1, 0.15) is 5.56 Å². The zero-order chi connectivity index (χ0) is 14.7. The summed E-state index contributed by atoms with van der Waals surface area (Å²) in [5, 5.41) is 21.5. The van der Waals surface area contributed by atoms with Crippen LogP contribution in [-0.4, -0.2) is 47.6 Å². The summed E-state index contributed by atoms with van der Waals surface area (Å²) in [6, 6.07) is 2.53. The van der Waals surface area contributed by atoms with Gasteiger partial charge in [-0.25, -0.2) is 8.78 Å². The molecule has 5 nitrogen and oxygen atoms in total. The lowest BCUT2D eigenvalue weighted by Gasteiger charge is -2.32. The van der Waals surface area contributed by atoms with Gasteiger partial charge >= 0.3 is 0 Å². The average molecular weight is 287 g/mol. The van der Waals surface area contributed by atoms with Gasteiger partial charge in [0.05, 0.1) is 25.7 Å². The zero-order valence-corrected chi connectivity index (χ0v) is 10.6. The first-order valence-electron chi connectivity index (χ1n) is 6.15. The Balaban J connectivity index is 1.99. The molecule has 1 fully saturated rings. The van der Waals surface area contributed by atoms with E-state index in [1.54, 1.807) is 0 Å². The first-order valence-corrected chi connectivity index (χ1v) is 6.15. The Morgan fingerprint density at radius 1 is 1.30 bits per heavy atom. The van der Waals surface area contributed by atoms with Crippen molar-refractivity contribution in [3.05, 3.63) is 35.4 Å². The molecule has 1 aromatic rings. The minimum atomic E-state index is -1.17. The number of hydrogen-bond donors (Lipinski definition) is 3. The molecule has 0 unspecified atom stereocenters. The molecule has 7 heteroatoms. The first-order chi connectivity index (χ1) is 9.49. The van der Waals surface area contributed by atoms with E-state index in [0.29, 0.717) is 0 Å². The van der Waals surface area contributed by atoms with Crippen LogP contribution in [0.4, 0.5) is 8.78 Å². The normalized spacial score (nSPS) is 26.3. The fraction of sp³-hybridized carbons (Fsp3) is 0.462. The molecule has 20 heavy (non-hydrogen) atoms. The lowest BCUT2D eigenvalue weighted by molar-refractivity contribution is -0.131. The third-order valence-electron chi connectivity index (χ3n) is 3.14. The van der Waals surface area contributed by atoms with Gasteiger partial charge < -0.3 is 20.3 Å². The minimum Gasteiger partial charge on any atom is -0.388 e. The number of aliphatic hydroxyl groups excluding tert-OH is 2. The summed E-state index contributed by atoms with van der Waals surface area (Å²) in [5.41, 5.74) is -0.336. The van der Waals surface area contributed by atoms with Crippen molar-refractivity contribution in [1.82, 2.24) is 5.32 Å². The molecular formula is C13H15F2NO4. The second-order valence-electron chi connectivity index (χ2n) is 4.65. The molecule has 2 rings (SSSR count). The van der Waals surface area contributed by atoms with E-state index in [0.717, 1.165) is 12.1 Å². The lowest BCUT2D eigenvalue weighted by atomic mass is 10.0. The number of amides is 1. The number of aliphatic hydroxyl groups is 2. The van der Waals surface area contributed by atoms with Gasteiger partial charge in [-0.2, -0.15) is 0 Å². The summed E-state index contributed by atoms with van der Waals surface area (Å²) in [5.74, 6) is -2.27. The third-order valence-corrected chi connectivity index (χ3v) is 3.14. The molecule has 1 saturated heterocycles.